The molecule has 0 saturated carbocycles. The number of rotatable bonds is 5. The maximum Gasteiger partial charge on any atom is 0.263 e. The van der Waals surface area contributed by atoms with Crippen molar-refractivity contribution in [3.05, 3.63) is 35.4 Å². The molecule has 4 heteroatoms. The standard InChI is InChI=1S/C13H19F2NO/c1-9(17)13(2,3)16-8-10-5-4-6-11(7-10)12(14)15/h4-7,9,12,16-17H,8H2,1-3H3. The summed E-state index contributed by atoms with van der Waals surface area (Å²) in [7, 11) is 0. The van der Waals surface area contributed by atoms with Gasteiger partial charge in [0, 0.05) is 17.6 Å². The van der Waals surface area contributed by atoms with Crippen LogP contribution in [0.3, 0.4) is 0 Å². The van der Waals surface area contributed by atoms with Gasteiger partial charge in [-0.2, -0.15) is 0 Å². The van der Waals surface area contributed by atoms with Gasteiger partial charge in [-0.25, -0.2) is 8.78 Å². The molecule has 0 aliphatic heterocycles. The minimum absolute atomic E-state index is 0.0270. The number of aliphatic hydroxyl groups excluding tert-OH is 1. The Bertz CT molecular complexity index is 364. The molecule has 0 amide bonds. The van der Waals surface area contributed by atoms with E-state index in [0.717, 1.165) is 5.56 Å². The number of halogens is 2. The first-order valence-corrected chi connectivity index (χ1v) is 5.63. The van der Waals surface area contributed by atoms with E-state index >= 15 is 0 Å². The Hall–Kier alpha value is -1.00. The van der Waals surface area contributed by atoms with Crippen LogP contribution >= 0.6 is 0 Å². The van der Waals surface area contributed by atoms with Gasteiger partial charge < -0.3 is 10.4 Å². The van der Waals surface area contributed by atoms with E-state index in [1.165, 1.54) is 12.1 Å². The average Bonchev–Trinajstić information content (AvgIpc) is 2.26. The normalized spacial score (nSPS) is 14.1. The average molecular weight is 243 g/mol. The van der Waals surface area contributed by atoms with Crippen molar-refractivity contribution in [1.29, 1.82) is 0 Å². The minimum Gasteiger partial charge on any atom is -0.392 e. The molecule has 0 radical (unpaired) electrons. The Morgan fingerprint density at radius 1 is 1.35 bits per heavy atom. The Kier molecular flexibility index (Phi) is 4.60. The highest BCUT2D eigenvalue weighted by molar-refractivity contribution is 5.24. The summed E-state index contributed by atoms with van der Waals surface area (Å²) in [4.78, 5) is 0. The molecule has 1 rings (SSSR count). The summed E-state index contributed by atoms with van der Waals surface area (Å²) >= 11 is 0. The molecule has 0 spiro atoms. The van der Waals surface area contributed by atoms with Gasteiger partial charge >= 0.3 is 0 Å². The van der Waals surface area contributed by atoms with Crippen molar-refractivity contribution in [3.8, 4) is 0 Å². The van der Waals surface area contributed by atoms with Crippen molar-refractivity contribution in [2.45, 2.75) is 45.4 Å². The smallest absolute Gasteiger partial charge is 0.263 e. The fourth-order valence-electron chi connectivity index (χ4n) is 1.32. The summed E-state index contributed by atoms with van der Waals surface area (Å²) in [5.41, 5.74) is 0.372. The van der Waals surface area contributed by atoms with Crippen LogP contribution in [0.5, 0.6) is 0 Å². The van der Waals surface area contributed by atoms with Gasteiger partial charge in [-0.3, -0.25) is 0 Å². The van der Waals surface area contributed by atoms with Crippen LogP contribution in [0.25, 0.3) is 0 Å². The third kappa shape index (κ3) is 4.06. The fourth-order valence-corrected chi connectivity index (χ4v) is 1.32. The van der Waals surface area contributed by atoms with E-state index in [2.05, 4.69) is 5.32 Å². The molecule has 0 aromatic heterocycles. The fraction of sp³-hybridized carbons (Fsp3) is 0.538. The Labute approximate surface area is 101 Å². The summed E-state index contributed by atoms with van der Waals surface area (Å²) in [6.07, 6.45) is -2.96. The molecule has 2 nitrogen and oxygen atoms in total. The van der Waals surface area contributed by atoms with Gasteiger partial charge in [0.1, 0.15) is 0 Å². The highest BCUT2D eigenvalue weighted by atomic mass is 19.3. The first-order valence-electron chi connectivity index (χ1n) is 5.63. The van der Waals surface area contributed by atoms with Crippen LogP contribution < -0.4 is 5.32 Å². The predicted octanol–water partition coefficient (Wildman–Crippen LogP) is 2.87. The third-order valence-corrected chi connectivity index (χ3v) is 3.00. The molecule has 1 atom stereocenters. The van der Waals surface area contributed by atoms with E-state index in [9.17, 15) is 13.9 Å². The van der Waals surface area contributed by atoms with E-state index < -0.39 is 18.1 Å². The second-order valence-corrected chi connectivity index (χ2v) is 4.80. The lowest BCUT2D eigenvalue weighted by Gasteiger charge is -2.29. The van der Waals surface area contributed by atoms with E-state index in [0.29, 0.717) is 6.54 Å². The molecule has 17 heavy (non-hydrogen) atoms. The van der Waals surface area contributed by atoms with Crippen LogP contribution in [-0.2, 0) is 6.54 Å². The molecule has 0 bridgehead atoms. The number of nitrogens with one attached hydrogen (secondary N) is 1. The van der Waals surface area contributed by atoms with E-state index in [1.807, 2.05) is 13.8 Å². The zero-order valence-electron chi connectivity index (χ0n) is 10.4. The lowest BCUT2D eigenvalue weighted by atomic mass is 9.98. The quantitative estimate of drug-likeness (QED) is 0.833. The maximum atomic E-state index is 12.5. The summed E-state index contributed by atoms with van der Waals surface area (Å²) in [5, 5.41) is 12.7. The zero-order valence-corrected chi connectivity index (χ0v) is 10.4. The largest absolute Gasteiger partial charge is 0.392 e. The van der Waals surface area contributed by atoms with Gasteiger partial charge in [0.05, 0.1) is 6.10 Å². The van der Waals surface area contributed by atoms with Crippen molar-refractivity contribution >= 4 is 0 Å². The van der Waals surface area contributed by atoms with Crippen LogP contribution in [0, 0.1) is 0 Å². The maximum absolute atomic E-state index is 12.5. The Balaban J connectivity index is 2.67. The van der Waals surface area contributed by atoms with E-state index in [4.69, 9.17) is 0 Å². The van der Waals surface area contributed by atoms with Gasteiger partial charge in [-0.05, 0) is 32.4 Å². The monoisotopic (exact) mass is 243 g/mol. The van der Waals surface area contributed by atoms with Crippen LogP contribution in [-0.4, -0.2) is 16.7 Å². The summed E-state index contributed by atoms with van der Waals surface area (Å²) in [6.45, 7) is 5.89. The first kappa shape index (κ1) is 14.1. The summed E-state index contributed by atoms with van der Waals surface area (Å²) < 4.78 is 25.0. The number of aliphatic hydroxyl groups is 1. The van der Waals surface area contributed by atoms with Crippen molar-refractivity contribution in [1.82, 2.24) is 5.32 Å². The molecular formula is C13H19F2NO. The number of hydrogen-bond acceptors (Lipinski definition) is 2. The van der Waals surface area contributed by atoms with Crippen molar-refractivity contribution in [3.63, 3.8) is 0 Å². The number of alkyl halides is 2. The Morgan fingerprint density at radius 2 is 2.00 bits per heavy atom. The van der Waals surface area contributed by atoms with Crippen LogP contribution in [0.15, 0.2) is 24.3 Å². The second kappa shape index (κ2) is 5.56. The molecule has 1 aromatic carbocycles. The van der Waals surface area contributed by atoms with Crippen LogP contribution in [0.1, 0.15) is 38.3 Å². The molecule has 0 fully saturated rings. The molecule has 0 saturated heterocycles. The molecule has 0 heterocycles. The Morgan fingerprint density at radius 3 is 2.53 bits per heavy atom. The topological polar surface area (TPSA) is 32.3 Å². The second-order valence-electron chi connectivity index (χ2n) is 4.80. The van der Waals surface area contributed by atoms with Gasteiger partial charge in [0.25, 0.3) is 6.43 Å². The van der Waals surface area contributed by atoms with Crippen LogP contribution in [0.2, 0.25) is 0 Å². The number of hydrogen-bond donors (Lipinski definition) is 2. The lowest BCUT2D eigenvalue weighted by molar-refractivity contribution is 0.0956. The third-order valence-electron chi connectivity index (χ3n) is 3.00. The van der Waals surface area contributed by atoms with Gasteiger partial charge in [0.15, 0.2) is 0 Å². The van der Waals surface area contributed by atoms with Gasteiger partial charge in [0.2, 0.25) is 0 Å². The highest BCUT2D eigenvalue weighted by Gasteiger charge is 2.22. The predicted molar refractivity (Wildman–Crippen MR) is 64.0 cm³/mol. The lowest BCUT2D eigenvalue weighted by Crippen LogP contribution is -2.47. The van der Waals surface area contributed by atoms with Crippen molar-refractivity contribution in [2.24, 2.45) is 0 Å². The molecule has 0 aliphatic carbocycles. The first-order chi connectivity index (χ1) is 7.83. The molecule has 1 aromatic rings. The SMILES string of the molecule is CC(O)C(C)(C)NCc1cccc(C(F)F)c1. The summed E-state index contributed by atoms with van der Waals surface area (Å²) in [5.74, 6) is 0. The molecule has 0 aliphatic rings. The van der Waals surface area contributed by atoms with Crippen molar-refractivity contribution < 1.29 is 13.9 Å². The van der Waals surface area contributed by atoms with Crippen LogP contribution in [0.4, 0.5) is 8.78 Å². The number of benzene rings is 1. The van der Waals surface area contributed by atoms with Gasteiger partial charge in [-0.15, -0.1) is 0 Å². The van der Waals surface area contributed by atoms with Crippen molar-refractivity contribution in [2.75, 3.05) is 0 Å². The molecule has 2 N–H and O–H groups in total. The molecular weight excluding hydrogens is 224 g/mol. The van der Waals surface area contributed by atoms with E-state index in [1.54, 1.807) is 19.1 Å². The minimum atomic E-state index is -2.44. The van der Waals surface area contributed by atoms with E-state index in [-0.39, 0.29) is 5.56 Å². The zero-order chi connectivity index (χ0) is 13.1. The summed E-state index contributed by atoms with van der Waals surface area (Å²) in [6, 6.07) is 6.30. The molecule has 96 valence electrons. The highest BCUT2D eigenvalue weighted by Crippen LogP contribution is 2.20. The molecule has 1 unspecified atom stereocenters. The van der Waals surface area contributed by atoms with Gasteiger partial charge in [-0.1, -0.05) is 18.2 Å².